The molecule has 0 fully saturated rings. The Balaban J connectivity index is 1.96. The lowest BCUT2D eigenvalue weighted by Gasteiger charge is -2.15. The van der Waals surface area contributed by atoms with Crippen molar-refractivity contribution in [3.8, 4) is 11.3 Å². The topological polar surface area (TPSA) is 101 Å². The average molecular weight is 380 g/mol. The van der Waals surface area contributed by atoms with Crippen molar-refractivity contribution in [3.05, 3.63) is 39.5 Å². The second-order valence-corrected chi connectivity index (χ2v) is 6.44. The number of fused-ring (bicyclic) bond motifs is 1. The molecule has 25 heavy (non-hydrogen) atoms. The van der Waals surface area contributed by atoms with Crippen LogP contribution in [0.2, 0.25) is 10.0 Å². The van der Waals surface area contributed by atoms with E-state index in [4.69, 9.17) is 28.9 Å². The van der Waals surface area contributed by atoms with Gasteiger partial charge in [-0.15, -0.1) is 0 Å². The molecule has 1 aromatic heterocycles. The Labute approximate surface area is 154 Å². The molecule has 0 unspecified atom stereocenters. The fourth-order valence-corrected chi connectivity index (χ4v) is 3.19. The van der Waals surface area contributed by atoms with Crippen LogP contribution in [0, 0.1) is 0 Å². The molecule has 0 saturated carbocycles. The summed E-state index contributed by atoms with van der Waals surface area (Å²) < 4.78 is 0. The normalized spacial score (nSPS) is 13.1. The summed E-state index contributed by atoms with van der Waals surface area (Å²) in [6, 6.07) is 5.03. The number of nitrogens with zero attached hydrogens (tertiary/aromatic N) is 3. The van der Waals surface area contributed by atoms with Crippen molar-refractivity contribution >= 4 is 41.0 Å². The summed E-state index contributed by atoms with van der Waals surface area (Å²) in [5.41, 5.74) is 7.84. The number of carbonyl (C=O) groups excluding carboxylic acids is 2. The summed E-state index contributed by atoms with van der Waals surface area (Å²) >= 11 is 12.2. The molecule has 3 rings (SSSR count). The number of nitrogens with two attached hydrogens (primary N) is 1. The average Bonchev–Trinajstić information content (AvgIpc) is 2.83. The van der Waals surface area contributed by atoms with Crippen LogP contribution in [0.1, 0.15) is 23.0 Å². The molecule has 1 aromatic carbocycles. The molecule has 2 amide bonds. The molecule has 2 aromatic rings. The number of anilines is 1. The first-order valence-corrected chi connectivity index (χ1v) is 8.28. The second kappa shape index (κ2) is 6.85. The Morgan fingerprint density at radius 1 is 1.32 bits per heavy atom. The molecule has 7 nitrogen and oxygen atoms in total. The molecular formula is C16H15Cl2N5O2. The van der Waals surface area contributed by atoms with Gasteiger partial charge in [-0.05, 0) is 18.2 Å². The van der Waals surface area contributed by atoms with Crippen molar-refractivity contribution in [1.29, 1.82) is 0 Å². The number of hydrogen-bond acceptors (Lipinski definition) is 5. The van der Waals surface area contributed by atoms with Gasteiger partial charge in [-0.2, -0.15) is 0 Å². The molecule has 1 aliphatic heterocycles. The quantitative estimate of drug-likeness (QED) is 0.846. The predicted molar refractivity (Wildman–Crippen MR) is 95.3 cm³/mol. The SMILES string of the molecule is CC(=O)NCCN1Cc2c(nc(N)nc2-c2ccc(Cl)cc2Cl)C1=O. The highest BCUT2D eigenvalue weighted by atomic mass is 35.5. The third-order valence-electron chi connectivity index (χ3n) is 3.81. The maximum absolute atomic E-state index is 12.6. The number of carbonyl (C=O) groups is 2. The van der Waals surface area contributed by atoms with E-state index in [1.807, 2.05) is 0 Å². The first-order chi connectivity index (χ1) is 11.9. The summed E-state index contributed by atoms with van der Waals surface area (Å²) in [6.07, 6.45) is 0. The molecule has 0 spiro atoms. The lowest BCUT2D eigenvalue weighted by molar-refractivity contribution is -0.119. The zero-order valence-corrected chi connectivity index (χ0v) is 14.9. The number of nitrogen functional groups attached to an aromatic ring is 1. The molecule has 0 aliphatic carbocycles. The van der Waals surface area contributed by atoms with E-state index >= 15 is 0 Å². The van der Waals surface area contributed by atoms with E-state index in [0.29, 0.717) is 46.5 Å². The lowest BCUT2D eigenvalue weighted by atomic mass is 10.1. The van der Waals surface area contributed by atoms with Crippen LogP contribution in [-0.4, -0.2) is 39.8 Å². The van der Waals surface area contributed by atoms with Crippen LogP contribution in [-0.2, 0) is 11.3 Å². The van der Waals surface area contributed by atoms with Crippen LogP contribution in [0.3, 0.4) is 0 Å². The summed E-state index contributed by atoms with van der Waals surface area (Å²) in [5, 5.41) is 3.58. The maximum atomic E-state index is 12.6. The van der Waals surface area contributed by atoms with E-state index in [2.05, 4.69) is 15.3 Å². The highest BCUT2D eigenvalue weighted by Crippen LogP contribution is 2.35. The van der Waals surface area contributed by atoms with Gasteiger partial charge in [0.05, 0.1) is 17.3 Å². The Morgan fingerprint density at radius 2 is 2.04 bits per heavy atom. The van der Waals surface area contributed by atoms with Gasteiger partial charge in [0, 0.05) is 36.2 Å². The Bertz CT molecular complexity index is 872. The number of amides is 2. The van der Waals surface area contributed by atoms with Crippen molar-refractivity contribution in [2.24, 2.45) is 0 Å². The summed E-state index contributed by atoms with van der Waals surface area (Å²) in [7, 11) is 0. The predicted octanol–water partition coefficient (Wildman–Crippen LogP) is 2.12. The highest BCUT2D eigenvalue weighted by Gasteiger charge is 2.32. The highest BCUT2D eigenvalue weighted by molar-refractivity contribution is 6.36. The Hall–Kier alpha value is -2.38. The largest absolute Gasteiger partial charge is 0.368 e. The molecule has 2 heterocycles. The Morgan fingerprint density at radius 3 is 2.72 bits per heavy atom. The van der Waals surface area contributed by atoms with Crippen LogP contribution >= 0.6 is 23.2 Å². The van der Waals surface area contributed by atoms with E-state index < -0.39 is 0 Å². The van der Waals surface area contributed by atoms with Crippen LogP contribution < -0.4 is 11.1 Å². The van der Waals surface area contributed by atoms with Gasteiger partial charge in [0.2, 0.25) is 11.9 Å². The van der Waals surface area contributed by atoms with E-state index in [1.165, 1.54) is 6.92 Å². The molecule has 130 valence electrons. The second-order valence-electron chi connectivity index (χ2n) is 5.59. The van der Waals surface area contributed by atoms with E-state index in [9.17, 15) is 9.59 Å². The fraction of sp³-hybridized carbons (Fsp3) is 0.250. The fourth-order valence-electron chi connectivity index (χ4n) is 2.69. The number of hydrogen-bond donors (Lipinski definition) is 2. The molecule has 0 radical (unpaired) electrons. The standard InChI is InChI=1S/C16H15Cl2N5O2/c1-8(24)20-4-5-23-7-11-13(10-3-2-9(17)6-12(10)18)21-16(19)22-14(11)15(23)25/h2-3,6H,4-5,7H2,1H3,(H,20,24)(H2,19,21,22). The molecule has 3 N–H and O–H groups in total. The van der Waals surface area contributed by atoms with Crippen LogP contribution in [0.5, 0.6) is 0 Å². The molecule has 9 heteroatoms. The number of nitrogens with one attached hydrogen (secondary N) is 1. The van der Waals surface area contributed by atoms with Gasteiger partial charge in [0.15, 0.2) is 0 Å². The number of aromatic nitrogens is 2. The minimum atomic E-state index is -0.249. The van der Waals surface area contributed by atoms with Crippen molar-refractivity contribution in [2.45, 2.75) is 13.5 Å². The molecular weight excluding hydrogens is 365 g/mol. The van der Waals surface area contributed by atoms with Gasteiger partial charge < -0.3 is 16.0 Å². The van der Waals surface area contributed by atoms with Gasteiger partial charge in [-0.1, -0.05) is 23.2 Å². The van der Waals surface area contributed by atoms with Gasteiger partial charge in [0.25, 0.3) is 5.91 Å². The van der Waals surface area contributed by atoms with Gasteiger partial charge in [-0.3, -0.25) is 9.59 Å². The molecule has 1 aliphatic rings. The van der Waals surface area contributed by atoms with Crippen LogP contribution in [0.15, 0.2) is 18.2 Å². The van der Waals surface area contributed by atoms with Gasteiger partial charge in [-0.25, -0.2) is 9.97 Å². The molecule has 0 atom stereocenters. The number of benzene rings is 1. The van der Waals surface area contributed by atoms with E-state index in [-0.39, 0.29) is 23.5 Å². The summed E-state index contributed by atoms with van der Waals surface area (Å²) in [6.45, 7) is 2.47. The number of rotatable bonds is 4. The van der Waals surface area contributed by atoms with E-state index in [0.717, 1.165) is 0 Å². The van der Waals surface area contributed by atoms with Crippen molar-refractivity contribution in [2.75, 3.05) is 18.8 Å². The van der Waals surface area contributed by atoms with Crippen LogP contribution in [0.4, 0.5) is 5.95 Å². The van der Waals surface area contributed by atoms with Crippen LogP contribution in [0.25, 0.3) is 11.3 Å². The first-order valence-electron chi connectivity index (χ1n) is 7.52. The van der Waals surface area contributed by atoms with Gasteiger partial charge >= 0.3 is 0 Å². The van der Waals surface area contributed by atoms with E-state index in [1.54, 1.807) is 23.1 Å². The summed E-state index contributed by atoms with van der Waals surface area (Å²) in [4.78, 5) is 33.5. The third kappa shape index (κ3) is 3.52. The maximum Gasteiger partial charge on any atom is 0.273 e. The first kappa shape index (κ1) is 17.4. The lowest BCUT2D eigenvalue weighted by Crippen LogP contribution is -2.34. The monoisotopic (exact) mass is 379 g/mol. The van der Waals surface area contributed by atoms with Crippen molar-refractivity contribution < 1.29 is 9.59 Å². The molecule has 0 bridgehead atoms. The zero-order chi connectivity index (χ0) is 18.1. The molecule has 0 saturated heterocycles. The third-order valence-corrected chi connectivity index (χ3v) is 4.35. The smallest absolute Gasteiger partial charge is 0.273 e. The Kier molecular flexibility index (Phi) is 4.78. The number of halogens is 2. The minimum Gasteiger partial charge on any atom is -0.368 e. The van der Waals surface area contributed by atoms with Crippen molar-refractivity contribution in [3.63, 3.8) is 0 Å². The minimum absolute atomic E-state index is 0.00294. The van der Waals surface area contributed by atoms with Gasteiger partial charge in [0.1, 0.15) is 5.69 Å². The zero-order valence-electron chi connectivity index (χ0n) is 13.3. The summed E-state index contributed by atoms with van der Waals surface area (Å²) in [5.74, 6) is -0.403. The van der Waals surface area contributed by atoms with Crippen molar-refractivity contribution in [1.82, 2.24) is 20.2 Å².